The van der Waals surface area contributed by atoms with Crippen LogP contribution in [0.1, 0.15) is 33.6 Å². The molecule has 0 aliphatic carbocycles. The molecule has 1 heterocycles. The minimum Gasteiger partial charge on any atom is -0.467 e. The maximum absolute atomic E-state index is 11.6. The first-order chi connectivity index (χ1) is 8.45. The van der Waals surface area contributed by atoms with Crippen LogP contribution in [0, 0.1) is 5.92 Å². The highest BCUT2D eigenvalue weighted by Crippen LogP contribution is 2.22. The van der Waals surface area contributed by atoms with E-state index in [1.54, 1.807) is 0 Å². The molecule has 0 radical (unpaired) electrons. The molecular weight excluding hydrogens is 232 g/mol. The van der Waals surface area contributed by atoms with E-state index in [-0.39, 0.29) is 11.9 Å². The van der Waals surface area contributed by atoms with Crippen molar-refractivity contribution in [3.05, 3.63) is 0 Å². The smallest absolute Gasteiger partial charge is 0.329 e. The molecule has 3 unspecified atom stereocenters. The molecule has 1 aliphatic heterocycles. The second kappa shape index (κ2) is 6.73. The molecule has 104 valence electrons. The Hall–Kier alpha value is -1.10. The number of esters is 1. The Labute approximate surface area is 109 Å². The van der Waals surface area contributed by atoms with Crippen molar-refractivity contribution >= 4 is 11.9 Å². The zero-order valence-electron chi connectivity index (χ0n) is 11.7. The van der Waals surface area contributed by atoms with Crippen molar-refractivity contribution in [1.82, 2.24) is 10.2 Å². The van der Waals surface area contributed by atoms with Gasteiger partial charge in [0.1, 0.15) is 6.04 Å². The minimum absolute atomic E-state index is 0.205. The predicted octanol–water partition coefficient (Wildman–Crippen LogP) is 0.784. The number of amides is 1. The van der Waals surface area contributed by atoms with E-state index in [9.17, 15) is 9.59 Å². The maximum atomic E-state index is 11.6. The highest BCUT2D eigenvalue weighted by molar-refractivity contribution is 5.83. The molecule has 0 saturated carbocycles. The minimum atomic E-state index is -0.569. The molecule has 18 heavy (non-hydrogen) atoms. The van der Waals surface area contributed by atoms with Crippen LogP contribution in [0.2, 0.25) is 0 Å². The molecule has 0 aromatic heterocycles. The number of likely N-dealkylation sites (tertiary alicyclic amines) is 1. The SMILES string of the molecule is COC(=O)C(CN1CCCC(C)C1C)NC(C)=O. The number of nitrogens with zero attached hydrogens (tertiary/aromatic N) is 1. The van der Waals surface area contributed by atoms with Crippen molar-refractivity contribution in [1.29, 1.82) is 0 Å². The molecule has 0 aromatic rings. The molecule has 5 heteroatoms. The van der Waals surface area contributed by atoms with Gasteiger partial charge in [-0.25, -0.2) is 4.79 Å². The first-order valence-corrected chi connectivity index (χ1v) is 6.54. The topological polar surface area (TPSA) is 58.6 Å². The Kier molecular flexibility index (Phi) is 5.59. The monoisotopic (exact) mass is 256 g/mol. The van der Waals surface area contributed by atoms with Gasteiger partial charge in [0.2, 0.25) is 5.91 Å². The summed E-state index contributed by atoms with van der Waals surface area (Å²) >= 11 is 0. The van der Waals surface area contributed by atoms with Gasteiger partial charge in [0, 0.05) is 19.5 Å². The largest absolute Gasteiger partial charge is 0.467 e. The Morgan fingerprint density at radius 3 is 2.67 bits per heavy atom. The number of nitrogens with one attached hydrogen (secondary N) is 1. The van der Waals surface area contributed by atoms with Gasteiger partial charge in [-0.3, -0.25) is 9.69 Å². The summed E-state index contributed by atoms with van der Waals surface area (Å²) in [4.78, 5) is 25.0. The van der Waals surface area contributed by atoms with Crippen LogP contribution in [0.15, 0.2) is 0 Å². The van der Waals surface area contributed by atoms with Gasteiger partial charge in [-0.2, -0.15) is 0 Å². The van der Waals surface area contributed by atoms with Crippen LogP contribution in [0.25, 0.3) is 0 Å². The van der Waals surface area contributed by atoms with Crippen LogP contribution in [0.3, 0.4) is 0 Å². The normalized spacial score (nSPS) is 26.4. The fourth-order valence-corrected chi connectivity index (χ4v) is 2.48. The van der Waals surface area contributed by atoms with E-state index in [0.29, 0.717) is 18.5 Å². The summed E-state index contributed by atoms with van der Waals surface area (Å²) in [5.41, 5.74) is 0. The average Bonchev–Trinajstić information content (AvgIpc) is 2.32. The van der Waals surface area contributed by atoms with Crippen molar-refractivity contribution < 1.29 is 14.3 Å². The van der Waals surface area contributed by atoms with Crippen molar-refractivity contribution in [2.45, 2.75) is 45.7 Å². The van der Waals surface area contributed by atoms with E-state index in [4.69, 9.17) is 4.74 Å². The lowest BCUT2D eigenvalue weighted by atomic mass is 9.92. The first kappa shape index (κ1) is 15.0. The van der Waals surface area contributed by atoms with E-state index < -0.39 is 6.04 Å². The molecule has 0 spiro atoms. The number of hydrogen-bond acceptors (Lipinski definition) is 4. The molecule has 5 nitrogen and oxygen atoms in total. The molecule has 3 atom stereocenters. The molecule has 1 saturated heterocycles. The number of methoxy groups -OCH3 is 1. The third-order valence-electron chi connectivity index (χ3n) is 3.78. The van der Waals surface area contributed by atoms with Crippen LogP contribution < -0.4 is 5.32 Å². The van der Waals surface area contributed by atoms with Gasteiger partial charge < -0.3 is 10.1 Å². The van der Waals surface area contributed by atoms with Crippen LogP contribution in [0.5, 0.6) is 0 Å². The van der Waals surface area contributed by atoms with E-state index in [1.807, 2.05) is 0 Å². The molecule has 0 bridgehead atoms. The predicted molar refractivity (Wildman–Crippen MR) is 69.1 cm³/mol. The molecule has 1 aliphatic rings. The maximum Gasteiger partial charge on any atom is 0.329 e. The molecule has 1 fully saturated rings. The van der Waals surface area contributed by atoms with Gasteiger partial charge in [-0.15, -0.1) is 0 Å². The second-order valence-corrected chi connectivity index (χ2v) is 5.13. The molecule has 1 amide bonds. The van der Waals surface area contributed by atoms with Gasteiger partial charge in [-0.1, -0.05) is 6.92 Å². The van der Waals surface area contributed by atoms with E-state index in [0.717, 1.165) is 13.0 Å². The van der Waals surface area contributed by atoms with Gasteiger partial charge in [-0.05, 0) is 32.2 Å². The highest BCUT2D eigenvalue weighted by Gasteiger charge is 2.30. The summed E-state index contributed by atoms with van der Waals surface area (Å²) in [7, 11) is 1.35. The number of carbonyl (C=O) groups is 2. The van der Waals surface area contributed by atoms with E-state index >= 15 is 0 Å². The standard InChI is InChI=1S/C13H24N2O3/c1-9-6-5-7-15(10(9)2)8-12(13(17)18-4)14-11(3)16/h9-10,12H,5-8H2,1-4H3,(H,14,16). The Bertz CT molecular complexity index is 307. The molecule has 1 rings (SSSR count). The van der Waals surface area contributed by atoms with E-state index in [2.05, 4.69) is 24.1 Å². The highest BCUT2D eigenvalue weighted by atomic mass is 16.5. The lowest BCUT2D eigenvalue weighted by molar-refractivity contribution is -0.145. The molecule has 0 aromatic carbocycles. The average molecular weight is 256 g/mol. The third-order valence-corrected chi connectivity index (χ3v) is 3.78. The Morgan fingerprint density at radius 1 is 1.44 bits per heavy atom. The summed E-state index contributed by atoms with van der Waals surface area (Å²) < 4.78 is 4.74. The Morgan fingerprint density at radius 2 is 2.11 bits per heavy atom. The lowest BCUT2D eigenvalue weighted by Crippen LogP contribution is -2.53. The van der Waals surface area contributed by atoms with Crippen LogP contribution >= 0.6 is 0 Å². The lowest BCUT2D eigenvalue weighted by Gasteiger charge is -2.39. The van der Waals surface area contributed by atoms with Crippen molar-refractivity contribution in [3.63, 3.8) is 0 Å². The van der Waals surface area contributed by atoms with Crippen molar-refractivity contribution in [2.24, 2.45) is 5.92 Å². The number of rotatable bonds is 4. The summed E-state index contributed by atoms with van der Waals surface area (Å²) in [5, 5.41) is 2.66. The summed E-state index contributed by atoms with van der Waals surface area (Å²) in [6, 6.07) is -0.139. The zero-order valence-corrected chi connectivity index (χ0v) is 11.7. The van der Waals surface area contributed by atoms with Gasteiger partial charge in [0.15, 0.2) is 0 Å². The summed E-state index contributed by atoms with van der Waals surface area (Å²) in [6.07, 6.45) is 2.36. The van der Waals surface area contributed by atoms with Gasteiger partial charge in [0.05, 0.1) is 7.11 Å². The van der Waals surface area contributed by atoms with Crippen molar-refractivity contribution in [3.8, 4) is 0 Å². The quantitative estimate of drug-likeness (QED) is 0.755. The van der Waals surface area contributed by atoms with Crippen LogP contribution in [-0.4, -0.2) is 49.1 Å². The fraction of sp³-hybridized carbons (Fsp3) is 0.846. The van der Waals surface area contributed by atoms with E-state index in [1.165, 1.54) is 20.5 Å². The number of ether oxygens (including phenoxy) is 1. The number of piperidine rings is 1. The van der Waals surface area contributed by atoms with Gasteiger partial charge in [0.25, 0.3) is 0 Å². The van der Waals surface area contributed by atoms with Crippen molar-refractivity contribution in [2.75, 3.05) is 20.2 Å². The second-order valence-electron chi connectivity index (χ2n) is 5.13. The van der Waals surface area contributed by atoms with Gasteiger partial charge >= 0.3 is 5.97 Å². The zero-order chi connectivity index (χ0) is 13.7. The summed E-state index contributed by atoms with van der Waals surface area (Å²) in [5.74, 6) is 0.0353. The molecule has 1 N–H and O–H groups in total. The summed E-state index contributed by atoms with van der Waals surface area (Å²) in [6.45, 7) is 7.31. The number of hydrogen-bond donors (Lipinski definition) is 1. The van der Waals surface area contributed by atoms with Crippen LogP contribution in [0.4, 0.5) is 0 Å². The number of carbonyl (C=O) groups excluding carboxylic acids is 2. The third kappa shape index (κ3) is 3.98. The molecular formula is C13H24N2O3. The Balaban J connectivity index is 2.64. The fourth-order valence-electron chi connectivity index (χ4n) is 2.48. The van der Waals surface area contributed by atoms with Crippen LogP contribution in [-0.2, 0) is 14.3 Å². The first-order valence-electron chi connectivity index (χ1n) is 6.54.